The van der Waals surface area contributed by atoms with Crippen molar-refractivity contribution in [3.8, 4) is 0 Å². The molecule has 138 valence electrons. The third-order valence-corrected chi connectivity index (χ3v) is 4.19. The Morgan fingerprint density at radius 1 is 1.25 bits per heavy atom. The molecule has 2 atom stereocenters. The summed E-state index contributed by atoms with van der Waals surface area (Å²) >= 11 is 0. The Hall–Kier alpha value is -1.36. The summed E-state index contributed by atoms with van der Waals surface area (Å²) in [6, 6.07) is -0.840. The first-order valence-corrected chi connectivity index (χ1v) is 8.82. The molecule has 1 rings (SSSR count). The summed E-state index contributed by atoms with van der Waals surface area (Å²) in [6.07, 6.45) is 3.28. The van der Waals surface area contributed by atoms with Crippen molar-refractivity contribution >= 4 is 11.9 Å². The molecule has 0 unspecified atom stereocenters. The molecule has 1 fully saturated rings. The summed E-state index contributed by atoms with van der Waals surface area (Å²) in [7, 11) is 0. The highest BCUT2D eigenvalue weighted by Crippen LogP contribution is 2.24. The zero-order valence-electron chi connectivity index (χ0n) is 16.3. The van der Waals surface area contributed by atoms with E-state index in [0.717, 1.165) is 6.42 Å². The van der Waals surface area contributed by atoms with Crippen LogP contribution < -0.4 is 5.32 Å². The van der Waals surface area contributed by atoms with E-state index < -0.39 is 11.6 Å². The standard InChI is InChI=1S/C19H34N2O3/c1-9-19(7,8)20-15(13(2)3)16(22)21-12-10-11-14(21)17(23)24-18(4,5)6/h9,13-15,20H,1,10-12H2,2-8H3/t14-,15-/m0/s1. The van der Waals surface area contributed by atoms with Gasteiger partial charge in [0, 0.05) is 12.1 Å². The predicted molar refractivity (Wildman–Crippen MR) is 96.6 cm³/mol. The molecule has 0 aromatic rings. The number of amides is 1. The monoisotopic (exact) mass is 338 g/mol. The van der Waals surface area contributed by atoms with Crippen LogP contribution in [0.3, 0.4) is 0 Å². The lowest BCUT2D eigenvalue weighted by Gasteiger charge is -2.35. The molecule has 1 aliphatic heterocycles. The van der Waals surface area contributed by atoms with Gasteiger partial charge in [0.2, 0.25) is 5.91 Å². The van der Waals surface area contributed by atoms with Crippen molar-refractivity contribution in [3.05, 3.63) is 12.7 Å². The molecule has 5 nitrogen and oxygen atoms in total. The number of ether oxygens (including phenoxy) is 1. The molecule has 0 aromatic heterocycles. The highest BCUT2D eigenvalue weighted by Gasteiger charge is 2.40. The lowest BCUT2D eigenvalue weighted by Crippen LogP contribution is -2.57. The molecule has 5 heteroatoms. The molecule has 0 bridgehead atoms. The fraction of sp³-hybridized carbons (Fsp3) is 0.789. The van der Waals surface area contributed by atoms with E-state index >= 15 is 0 Å². The van der Waals surface area contributed by atoms with Crippen molar-refractivity contribution in [2.45, 2.75) is 84.5 Å². The number of nitrogens with zero attached hydrogens (tertiary/aromatic N) is 1. The summed E-state index contributed by atoms with van der Waals surface area (Å²) < 4.78 is 5.49. The summed E-state index contributed by atoms with van der Waals surface area (Å²) in [5.41, 5.74) is -0.902. The molecule has 1 aliphatic rings. The van der Waals surface area contributed by atoms with Crippen LogP contribution >= 0.6 is 0 Å². The Kier molecular flexibility index (Phi) is 6.62. The number of hydrogen-bond donors (Lipinski definition) is 1. The van der Waals surface area contributed by atoms with Gasteiger partial charge >= 0.3 is 5.97 Å². The maximum atomic E-state index is 13.1. The van der Waals surface area contributed by atoms with Gasteiger partial charge in [-0.25, -0.2) is 4.79 Å². The van der Waals surface area contributed by atoms with E-state index in [9.17, 15) is 9.59 Å². The minimum absolute atomic E-state index is 0.0340. The van der Waals surface area contributed by atoms with Crippen molar-refractivity contribution in [3.63, 3.8) is 0 Å². The van der Waals surface area contributed by atoms with Gasteiger partial charge in [-0.05, 0) is 53.4 Å². The molecule has 0 aliphatic carbocycles. The lowest BCUT2D eigenvalue weighted by molar-refractivity contribution is -0.163. The minimum atomic E-state index is -0.547. The number of carbonyl (C=O) groups excluding carboxylic acids is 2. The Morgan fingerprint density at radius 2 is 1.83 bits per heavy atom. The van der Waals surface area contributed by atoms with Gasteiger partial charge in [-0.2, -0.15) is 0 Å². The van der Waals surface area contributed by atoms with Crippen LogP contribution in [-0.2, 0) is 14.3 Å². The second-order valence-corrected chi connectivity index (χ2v) is 8.51. The number of likely N-dealkylation sites (tertiary alicyclic amines) is 1. The van der Waals surface area contributed by atoms with Gasteiger partial charge in [0.05, 0.1) is 6.04 Å². The van der Waals surface area contributed by atoms with Crippen molar-refractivity contribution in [2.75, 3.05) is 6.54 Å². The number of carbonyl (C=O) groups is 2. The predicted octanol–water partition coefficient (Wildman–Crippen LogP) is 2.90. The SMILES string of the molecule is C=CC(C)(C)N[C@H](C(=O)N1CCC[C@H]1C(=O)OC(C)(C)C)C(C)C. The second kappa shape index (κ2) is 7.68. The molecule has 0 radical (unpaired) electrons. The second-order valence-electron chi connectivity index (χ2n) is 8.51. The van der Waals surface area contributed by atoms with Gasteiger partial charge in [-0.3, -0.25) is 10.1 Å². The molecule has 1 N–H and O–H groups in total. The Labute approximate surface area is 146 Å². The third-order valence-electron chi connectivity index (χ3n) is 4.19. The molecular formula is C19H34N2O3. The van der Waals surface area contributed by atoms with Gasteiger partial charge in [0.1, 0.15) is 11.6 Å². The molecule has 0 spiro atoms. The fourth-order valence-electron chi connectivity index (χ4n) is 2.80. The van der Waals surface area contributed by atoms with Gasteiger partial charge in [0.15, 0.2) is 0 Å². The normalized spacial score (nSPS) is 20.2. The highest BCUT2D eigenvalue weighted by molar-refractivity contribution is 5.88. The zero-order valence-corrected chi connectivity index (χ0v) is 16.3. The average molecular weight is 338 g/mol. The van der Waals surface area contributed by atoms with E-state index in [-0.39, 0.29) is 29.4 Å². The Morgan fingerprint density at radius 3 is 2.29 bits per heavy atom. The van der Waals surface area contributed by atoms with E-state index in [0.29, 0.717) is 13.0 Å². The summed E-state index contributed by atoms with van der Waals surface area (Å²) in [5.74, 6) is -0.233. The van der Waals surface area contributed by atoms with Crippen molar-refractivity contribution < 1.29 is 14.3 Å². The fourth-order valence-corrected chi connectivity index (χ4v) is 2.80. The van der Waals surface area contributed by atoms with Gasteiger partial charge < -0.3 is 9.64 Å². The topological polar surface area (TPSA) is 58.6 Å². The molecule has 0 aromatic carbocycles. The van der Waals surface area contributed by atoms with Crippen LogP contribution in [-0.4, -0.2) is 46.5 Å². The van der Waals surface area contributed by atoms with Gasteiger partial charge in [0.25, 0.3) is 0 Å². The van der Waals surface area contributed by atoms with Crippen LogP contribution in [0.5, 0.6) is 0 Å². The lowest BCUT2D eigenvalue weighted by atomic mass is 9.97. The summed E-state index contributed by atoms with van der Waals surface area (Å²) in [5, 5.41) is 3.37. The maximum Gasteiger partial charge on any atom is 0.329 e. The van der Waals surface area contributed by atoms with E-state index in [1.54, 1.807) is 11.0 Å². The molecule has 1 saturated heterocycles. The van der Waals surface area contributed by atoms with Crippen LogP contribution in [0.1, 0.15) is 61.3 Å². The smallest absolute Gasteiger partial charge is 0.329 e. The first kappa shape index (κ1) is 20.7. The minimum Gasteiger partial charge on any atom is -0.458 e. The summed E-state index contributed by atoms with van der Waals surface area (Å²) in [6.45, 7) is 17.9. The van der Waals surface area contributed by atoms with Crippen molar-refractivity contribution in [1.82, 2.24) is 10.2 Å². The molecule has 1 heterocycles. The van der Waals surface area contributed by atoms with E-state index in [2.05, 4.69) is 11.9 Å². The van der Waals surface area contributed by atoms with Crippen molar-refractivity contribution in [1.29, 1.82) is 0 Å². The molecule has 24 heavy (non-hydrogen) atoms. The van der Waals surface area contributed by atoms with Crippen LogP contribution in [0.2, 0.25) is 0 Å². The molecular weight excluding hydrogens is 304 g/mol. The van der Waals surface area contributed by atoms with E-state index in [1.165, 1.54) is 0 Å². The zero-order chi connectivity index (χ0) is 18.7. The van der Waals surface area contributed by atoms with Gasteiger partial charge in [-0.1, -0.05) is 19.9 Å². The number of rotatable bonds is 6. The third kappa shape index (κ3) is 5.62. The largest absolute Gasteiger partial charge is 0.458 e. The Bertz CT molecular complexity index is 477. The average Bonchev–Trinajstić information content (AvgIpc) is 2.91. The number of nitrogens with one attached hydrogen (secondary N) is 1. The van der Waals surface area contributed by atoms with Crippen LogP contribution in [0.4, 0.5) is 0 Å². The molecule has 1 amide bonds. The van der Waals surface area contributed by atoms with Crippen LogP contribution in [0.15, 0.2) is 12.7 Å². The maximum absolute atomic E-state index is 13.1. The highest BCUT2D eigenvalue weighted by atomic mass is 16.6. The van der Waals surface area contributed by atoms with E-state index in [1.807, 2.05) is 48.5 Å². The van der Waals surface area contributed by atoms with Gasteiger partial charge in [-0.15, -0.1) is 6.58 Å². The van der Waals surface area contributed by atoms with Crippen molar-refractivity contribution in [2.24, 2.45) is 5.92 Å². The quantitative estimate of drug-likeness (QED) is 0.597. The van der Waals surface area contributed by atoms with E-state index in [4.69, 9.17) is 4.74 Å². The van der Waals surface area contributed by atoms with Crippen LogP contribution in [0.25, 0.3) is 0 Å². The first-order valence-electron chi connectivity index (χ1n) is 8.82. The summed E-state index contributed by atoms with van der Waals surface area (Å²) in [4.78, 5) is 27.2. The van der Waals surface area contributed by atoms with Crippen LogP contribution in [0, 0.1) is 5.92 Å². The molecule has 0 saturated carbocycles. The number of hydrogen-bond acceptors (Lipinski definition) is 4. The first-order chi connectivity index (χ1) is 10.9. The number of esters is 1. The Balaban J connectivity index is 2.92.